The Bertz CT molecular complexity index is 206. The quantitative estimate of drug-likeness (QED) is 0.770. The lowest BCUT2D eigenvalue weighted by Crippen LogP contribution is -2.43. The number of ether oxygens (including phenoxy) is 1. The molecule has 2 fully saturated rings. The second kappa shape index (κ2) is 5.48. The molecule has 2 rings (SSSR count). The van der Waals surface area contributed by atoms with E-state index in [9.17, 15) is 5.11 Å². The van der Waals surface area contributed by atoms with Crippen LogP contribution in [0, 0.1) is 0 Å². The molecule has 3 nitrogen and oxygen atoms in total. The maximum absolute atomic E-state index is 10.5. The standard InChI is InChI=1S/C13H25NO2/c1-2-14-11-5-7-13(15,8-6-11)10-12-4-3-9-16-12/h11-12,14-15H,2-10H2,1H3. The topological polar surface area (TPSA) is 41.5 Å². The lowest BCUT2D eigenvalue weighted by atomic mass is 9.78. The van der Waals surface area contributed by atoms with Crippen molar-refractivity contribution in [2.24, 2.45) is 0 Å². The van der Waals surface area contributed by atoms with Crippen LogP contribution < -0.4 is 5.32 Å². The molecule has 1 heterocycles. The third-order valence-electron chi connectivity index (χ3n) is 4.04. The van der Waals surface area contributed by atoms with Crippen LogP contribution in [-0.2, 0) is 4.74 Å². The Morgan fingerprint density at radius 2 is 2.06 bits per heavy atom. The average molecular weight is 227 g/mol. The van der Waals surface area contributed by atoms with E-state index in [0.29, 0.717) is 12.1 Å². The minimum Gasteiger partial charge on any atom is -0.390 e. The van der Waals surface area contributed by atoms with Gasteiger partial charge in [-0.3, -0.25) is 0 Å². The van der Waals surface area contributed by atoms with Crippen LogP contribution in [0.2, 0.25) is 0 Å². The van der Waals surface area contributed by atoms with Gasteiger partial charge in [-0.1, -0.05) is 6.92 Å². The molecule has 0 spiro atoms. The van der Waals surface area contributed by atoms with E-state index in [4.69, 9.17) is 4.74 Å². The summed E-state index contributed by atoms with van der Waals surface area (Å²) in [6.45, 7) is 4.07. The van der Waals surface area contributed by atoms with E-state index in [2.05, 4.69) is 12.2 Å². The van der Waals surface area contributed by atoms with Gasteiger partial charge in [0.2, 0.25) is 0 Å². The van der Waals surface area contributed by atoms with E-state index in [0.717, 1.165) is 51.7 Å². The first-order valence-corrected chi connectivity index (χ1v) is 6.79. The van der Waals surface area contributed by atoms with Crippen LogP contribution in [0.1, 0.15) is 51.9 Å². The first-order chi connectivity index (χ1) is 7.72. The zero-order valence-corrected chi connectivity index (χ0v) is 10.4. The highest BCUT2D eigenvalue weighted by Crippen LogP contribution is 2.34. The van der Waals surface area contributed by atoms with Gasteiger partial charge >= 0.3 is 0 Å². The van der Waals surface area contributed by atoms with Gasteiger partial charge in [-0.15, -0.1) is 0 Å². The van der Waals surface area contributed by atoms with E-state index in [1.807, 2.05) is 0 Å². The van der Waals surface area contributed by atoms with Gasteiger partial charge < -0.3 is 15.2 Å². The summed E-state index contributed by atoms with van der Waals surface area (Å²) in [5, 5.41) is 14.0. The highest BCUT2D eigenvalue weighted by atomic mass is 16.5. The summed E-state index contributed by atoms with van der Waals surface area (Å²) in [7, 11) is 0. The largest absolute Gasteiger partial charge is 0.390 e. The van der Waals surface area contributed by atoms with Crippen molar-refractivity contribution in [1.29, 1.82) is 0 Å². The van der Waals surface area contributed by atoms with Crippen LogP contribution in [-0.4, -0.2) is 36.0 Å². The highest BCUT2D eigenvalue weighted by Gasteiger charge is 2.36. The number of nitrogens with one attached hydrogen (secondary N) is 1. The highest BCUT2D eigenvalue weighted by molar-refractivity contribution is 4.90. The van der Waals surface area contributed by atoms with Crippen LogP contribution in [0.5, 0.6) is 0 Å². The predicted octanol–water partition coefficient (Wildman–Crippen LogP) is 1.84. The molecule has 1 unspecified atom stereocenters. The van der Waals surface area contributed by atoms with Gasteiger partial charge in [0.1, 0.15) is 0 Å². The van der Waals surface area contributed by atoms with E-state index in [-0.39, 0.29) is 0 Å². The van der Waals surface area contributed by atoms with Crippen molar-refractivity contribution in [1.82, 2.24) is 5.32 Å². The van der Waals surface area contributed by atoms with Crippen molar-refractivity contribution < 1.29 is 9.84 Å². The third kappa shape index (κ3) is 3.19. The third-order valence-corrected chi connectivity index (χ3v) is 4.04. The van der Waals surface area contributed by atoms with Crippen molar-refractivity contribution in [3.63, 3.8) is 0 Å². The minimum atomic E-state index is -0.444. The summed E-state index contributed by atoms with van der Waals surface area (Å²) in [6, 6.07) is 0.620. The summed E-state index contributed by atoms with van der Waals surface area (Å²) >= 11 is 0. The molecule has 2 N–H and O–H groups in total. The van der Waals surface area contributed by atoms with E-state index < -0.39 is 5.60 Å². The first-order valence-electron chi connectivity index (χ1n) is 6.79. The second-order valence-electron chi connectivity index (χ2n) is 5.40. The molecule has 0 bridgehead atoms. The van der Waals surface area contributed by atoms with Crippen molar-refractivity contribution in [3.05, 3.63) is 0 Å². The molecular weight excluding hydrogens is 202 g/mol. The maximum atomic E-state index is 10.5. The summed E-state index contributed by atoms with van der Waals surface area (Å²) < 4.78 is 5.62. The van der Waals surface area contributed by atoms with E-state index >= 15 is 0 Å². The normalized spacial score (nSPS) is 40.1. The monoisotopic (exact) mass is 227 g/mol. The lowest BCUT2D eigenvalue weighted by Gasteiger charge is -2.37. The summed E-state index contributed by atoms with van der Waals surface area (Å²) in [4.78, 5) is 0. The molecule has 1 atom stereocenters. The molecular formula is C13H25NO2. The Kier molecular flexibility index (Phi) is 4.22. The smallest absolute Gasteiger partial charge is 0.0673 e. The average Bonchev–Trinajstić information content (AvgIpc) is 2.74. The second-order valence-corrected chi connectivity index (χ2v) is 5.40. The van der Waals surface area contributed by atoms with Gasteiger partial charge in [-0.2, -0.15) is 0 Å². The van der Waals surface area contributed by atoms with Crippen molar-refractivity contribution in [2.75, 3.05) is 13.2 Å². The molecule has 94 valence electrons. The van der Waals surface area contributed by atoms with Crippen LogP contribution >= 0.6 is 0 Å². The minimum absolute atomic E-state index is 0.320. The molecule has 0 aromatic carbocycles. The van der Waals surface area contributed by atoms with Gasteiger partial charge in [0.05, 0.1) is 11.7 Å². The summed E-state index contributed by atoms with van der Waals surface area (Å²) in [5.74, 6) is 0. The molecule has 16 heavy (non-hydrogen) atoms. The van der Waals surface area contributed by atoms with E-state index in [1.165, 1.54) is 6.42 Å². The molecule has 0 amide bonds. The fraction of sp³-hybridized carbons (Fsp3) is 1.00. The van der Waals surface area contributed by atoms with Crippen LogP contribution in [0.15, 0.2) is 0 Å². The molecule has 1 saturated heterocycles. The van der Waals surface area contributed by atoms with Crippen molar-refractivity contribution in [3.8, 4) is 0 Å². The zero-order valence-electron chi connectivity index (χ0n) is 10.4. The molecule has 0 aromatic rings. The first kappa shape index (κ1) is 12.3. The Morgan fingerprint density at radius 1 is 1.31 bits per heavy atom. The fourth-order valence-corrected chi connectivity index (χ4v) is 3.08. The van der Waals surface area contributed by atoms with Gasteiger partial charge in [0.25, 0.3) is 0 Å². The molecule has 0 radical (unpaired) electrons. The number of hydrogen-bond donors (Lipinski definition) is 2. The van der Waals surface area contributed by atoms with Crippen LogP contribution in [0.3, 0.4) is 0 Å². The Hall–Kier alpha value is -0.120. The van der Waals surface area contributed by atoms with Gasteiger partial charge in [-0.05, 0) is 45.1 Å². The van der Waals surface area contributed by atoms with Gasteiger partial charge in [0, 0.05) is 19.1 Å². The van der Waals surface area contributed by atoms with Crippen LogP contribution in [0.25, 0.3) is 0 Å². The Labute approximate surface area is 98.6 Å². The molecule has 1 aliphatic heterocycles. The Balaban J connectivity index is 1.76. The molecule has 2 aliphatic rings. The predicted molar refractivity (Wildman–Crippen MR) is 64.5 cm³/mol. The number of hydrogen-bond acceptors (Lipinski definition) is 3. The lowest BCUT2D eigenvalue weighted by molar-refractivity contribution is -0.0480. The summed E-state index contributed by atoms with van der Waals surface area (Å²) in [6.07, 6.45) is 7.56. The van der Waals surface area contributed by atoms with Gasteiger partial charge in [-0.25, -0.2) is 0 Å². The number of rotatable bonds is 4. The fourth-order valence-electron chi connectivity index (χ4n) is 3.08. The zero-order chi connectivity index (χ0) is 11.4. The number of aliphatic hydroxyl groups is 1. The SMILES string of the molecule is CCNC1CCC(O)(CC2CCCO2)CC1. The molecule has 3 heteroatoms. The Morgan fingerprint density at radius 3 is 2.62 bits per heavy atom. The van der Waals surface area contributed by atoms with Crippen molar-refractivity contribution >= 4 is 0 Å². The summed E-state index contributed by atoms with van der Waals surface area (Å²) in [5.41, 5.74) is -0.444. The molecule has 1 saturated carbocycles. The van der Waals surface area contributed by atoms with E-state index in [1.54, 1.807) is 0 Å². The maximum Gasteiger partial charge on any atom is 0.0673 e. The van der Waals surface area contributed by atoms with Crippen LogP contribution in [0.4, 0.5) is 0 Å². The molecule has 1 aliphatic carbocycles. The molecule has 0 aromatic heterocycles. The van der Waals surface area contributed by atoms with Gasteiger partial charge in [0.15, 0.2) is 0 Å². The van der Waals surface area contributed by atoms with Crippen molar-refractivity contribution in [2.45, 2.75) is 69.6 Å².